The third kappa shape index (κ3) is 3.11. The van der Waals surface area contributed by atoms with Crippen LogP contribution in [0.25, 0.3) is 0 Å². The molecule has 0 aliphatic carbocycles. The molecule has 1 N–H and O–H groups in total. The standard InChI is InChI=1S/C17H24N2O2/c1-13(20)18-10-8-17(19-9-4-6-15(21)12-19)16-7-3-2-5-14(16)11-18/h2-3,5,7,15,17,21H,4,6,8-12H2,1H3. The molecule has 2 heterocycles. The van der Waals surface area contributed by atoms with Crippen LogP contribution in [-0.4, -0.2) is 46.6 Å². The second-order valence-corrected chi connectivity index (χ2v) is 6.23. The fraction of sp³-hybridized carbons (Fsp3) is 0.588. The van der Waals surface area contributed by atoms with Crippen molar-refractivity contribution in [1.29, 1.82) is 0 Å². The Hall–Kier alpha value is -1.39. The van der Waals surface area contributed by atoms with Gasteiger partial charge in [-0.1, -0.05) is 24.3 Å². The van der Waals surface area contributed by atoms with Crippen LogP contribution in [0.1, 0.15) is 43.4 Å². The van der Waals surface area contributed by atoms with Crippen molar-refractivity contribution in [3.05, 3.63) is 35.4 Å². The Morgan fingerprint density at radius 2 is 2.05 bits per heavy atom. The summed E-state index contributed by atoms with van der Waals surface area (Å²) in [5.74, 6) is 0.143. The number of fused-ring (bicyclic) bond motifs is 1. The molecule has 1 aromatic carbocycles. The number of aliphatic hydroxyl groups excluding tert-OH is 1. The molecule has 0 aromatic heterocycles. The van der Waals surface area contributed by atoms with Gasteiger partial charge in [0.2, 0.25) is 5.91 Å². The molecule has 114 valence electrons. The van der Waals surface area contributed by atoms with E-state index in [4.69, 9.17) is 0 Å². The van der Waals surface area contributed by atoms with Gasteiger partial charge in [-0.15, -0.1) is 0 Å². The van der Waals surface area contributed by atoms with Crippen LogP contribution < -0.4 is 0 Å². The van der Waals surface area contributed by atoms with E-state index in [1.54, 1.807) is 6.92 Å². The van der Waals surface area contributed by atoms with Gasteiger partial charge < -0.3 is 10.0 Å². The van der Waals surface area contributed by atoms with Crippen LogP contribution in [0.3, 0.4) is 0 Å². The van der Waals surface area contributed by atoms with Crippen molar-refractivity contribution in [2.45, 2.75) is 44.9 Å². The average Bonchev–Trinajstić information content (AvgIpc) is 2.67. The van der Waals surface area contributed by atoms with Gasteiger partial charge in [-0.05, 0) is 36.9 Å². The number of hydrogen-bond acceptors (Lipinski definition) is 3. The summed E-state index contributed by atoms with van der Waals surface area (Å²) in [6, 6.07) is 8.76. The van der Waals surface area contributed by atoms with Crippen LogP contribution in [0.15, 0.2) is 24.3 Å². The predicted molar refractivity (Wildman–Crippen MR) is 81.7 cm³/mol. The minimum absolute atomic E-state index is 0.143. The molecule has 2 aliphatic rings. The smallest absolute Gasteiger partial charge is 0.219 e. The van der Waals surface area contributed by atoms with Gasteiger partial charge in [-0.2, -0.15) is 0 Å². The molecule has 2 atom stereocenters. The molecular formula is C17H24N2O2. The van der Waals surface area contributed by atoms with E-state index in [9.17, 15) is 9.90 Å². The summed E-state index contributed by atoms with van der Waals surface area (Å²) >= 11 is 0. The van der Waals surface area contributed by atoms with Crippen LogP contribution in [-0.2, 0) is 11.3 Å². The van der Waals surface area contributed by atoms with Crippen LogP contribution in [0, 0.1) is 0 Å². The lowest BCUT2D eigenvalue weighted by Gasteiger charge is -2.37. The third-order valence-electron chi connectivity index (χ3n) is 4.76. The Bertz CT molecular complexity index is 517. The number of rotatable bonds is 1. The van der Waals surface area contributed by atoms with Crippen molar-refractivity contribution >= 4 is 5.91 Å². The fourth-order valence-corrected chi connectivity index (χ4v) is 3.64. The maximum absolute atomic E-state index is 11.8. The van der Waals surface area contributed by atoms with E-state index >= 15 is 0 Å². The Morgan fingerprint density at radius 3 is 2.81 bits per heavy atom. The summed E-state index contributed by atoms with van der Waals surface area (Å²) in [6.45, 7) is 4.93. The molecule has 1 aromatic rings. The number of β-amino-alcohol motifs (C(OH)–C–C–N with tert-alkyl or cyclic N) is 1. The number of amides is 1. The molecule has 0 radical (unpaired) electrons. The summed E-state index contributed by atoms with van der Waals surface area (Å²) < 4.78 is 0. The van der Waals surface area contributed by atoms with Crippen molar-refractivity contribution in [2.24, 2.45) is 0 Å². The lowest BCUT2D eigenvalue weighted by atomic mass is 9.95. The largest absolute Gasteiger partial charge is 0.392 e. The van der Waals surface area contributed by atoms with Gasteiger partial charge >= 0.3 is 0 Å². The van der Waals surface area contributed by atoms with E-state index in [0.29, 0.717) is 12.6 Å². The molecule has 1 fully saturated rings. The Morgan fingerprint density at radius 1 is 1.24 bits per heavy atom. The third-order valence-corrected chi connectivity index (χ3v) is 4.76. The lowest BCUT2D eigenvalue weighted by Crippen LogP contribution is -2.41. The molecular weight excluding hydrogens is 264 g/mol. The topological polar surface area (TPSA) is 43.8 Å². The molecule has 1 amide bonds. The molecule has 4 nitrogen and oxygen atoms in total. The highest BCUT2D eigenvalue weighted by Crippen LogP contribution is 2.33. The molecule has 0 bridgehead atoms. The van der Waals surface area contributed by atoms with Crippen LogP contribution >= 0.6 is 0 Å². The number of likely N-dealkylation sites (tertiary alicyclic amines) is 1. The quantitative estimate of drug-likeness (QED) is 0.859. The maximum atomic E-state index is 11.8. The van der Waals surface area contributed by atoms with Crippen LogP contribution in [0.5, 0.6) is 0 Å². The summed E-state index contributed by atoms with van der Waals surface area (Å²) in [7, 11) is 0. The number of carbonyl (C=O) groups excluding carboxylic acids is 1. The number of hydrogen-bond donors (Lipinski definition) is 1. The number of aliphatic hydroxyl groups is 1. The SMILES string of the molecule is CC(=O)N1CCC(N2CCCC(O)C2)c2ccccc2C1. The molecule has 2 aliphatic heterocycles. The van der Waals surface area contributed by atoms with Crippen molar-refractivity contribution in [2.75, 3.05) is 19.6 Å². The normalized spacial score (nSPS) is 27.0. The first kappa shape index (κ1) is 14.5. The van der Waals surface area contributed by atoms with Gasteiger partial charge in [-0.3, -0.25) is 9.69 Å². The molecule has 0 saturated carbocycles. The van der Waals surface area contributed by atoms with Crippen molar-refractivity contribution in [1.82, 2.24) is 9.80 Å². The van der Waals surface area contributed by atoms with E-state index in [0.717, 1.165) is 38.9 Å². The van der Waals surface area contributed by atoms with Crippen molar-refractivity contribution < 1.29 is 9.90 Å². The summed E-state index contributed by atoms with van der Waals surface area (Å²) in [5, 5.41) is 9.96. The number of carbonyl (C=O) groups is 1. The first-order valence-electron chi connectivity index (χ1n) is 7.90. The van der Waals surface area contributed by atoms with Crippen LogP contribution in [0.4, 0.5) is 0 Å². The number of nitrogens with zero attached hydrogens (tertiary/aromatic N) is 2. The zero-order valence-corrected chi connectivity index (χ0v) is 12.7. The Kier molecular flexibility index (Phi) is 4.27. The Balaban J connectivity index is 1.89. The molecule has 2 unspecified atom stereocenters. The highest BCUT2D eigenvalue weighted by atomic mass is 16.3. The number of piperidine rings is 1. The van der Waals surface area contributed by atoms with Gasteiger partial charge in [0, 0.05) is 32.6 Å². The van der Waals surface area contributed by atoms with E-state index < -0.39 is 0 Å². The second kappa shape index (κ2) is 6.16. The lowest BCUT2D eigenvalue weighted by molar-refractivity contribution is -0.129. The van der Waals surface area contributed by atoms with Gasteiger partial charge in [0.05, 0.1) is 6.10 Å². The zero-order chi connectivity index (χ0) is 14.8. The predicted octanol–water partition coefficient (Wildman–Crippen LogP) is 1.94. The average molecular weight is 288 g/mol. The molecule has 3 rings (SSSR count). The molecule has 4 heteroatoms. The first-order chi connectivity index (χ1) is 10.1. The van der Waals surface area contributed by atoms with E-state index in [1.807, 2.05) is 11.0 Å². The summed E-state index contributed by atoms with van der Waals surface area (Å²) in [6.07, 6.45) is 2.70. The highest BCUT2D eigenvalue weighted by molar-refractivity contribution is 5.73. The van der Waals surface area contributed by atoms with E-state index in [1.165, 1.54) is 11.1 Å². The van der Waals surface area contributed by atoms with Crippen molar-refractivity contribution in [3.63, 3.8) is 0 Å². The summed E-state index contributed by atoms with van der Waals surface area (Å²) in [5.41, 5.74) is 2.57. The zero-order valence-electron chi connectivity index (χ0n) is 12.7. The first-order valence-corrected chi connectivity index (χ1v) is 7.90. The monoisotopic (exact) mass is 288 g/mol. The van der Waals surface area contributed by atoms with E-state index in [-0.39, 0.29) is 12.0 Å². The van der Waals surface area contributed by atoms with Gasteiger partial charge in [0.1, 0.15) is 0 Å². The van der Waals surface area contributed by atoms with Gasteiger partial charge in [0.15, 0.2) is 0 Å². The van der Waals surface area contributed by atoms with Crippen LogP contribution in [0.2, 0.25) is 0 Å². The number of benzene rings is 1. The molecule has 21 heavy (non-hydrogen) atoms. The Labute approximate surface area is 126 Å². The highest BCUT2D eigenvalue weighted by Gasteiger charge is 2.30. The second-order valence-electron chi connectivity index (χ2n) is 6.23. The van der Waals surface area contributed by atoms with E-state index in [2.05, 4.69) is 23.1 Å². The minimum Gasteiger partial charge on any atom is -0.392 e. The van der Waals surface area contributed by atoms with Gasteiger partial charge in [0.25, 0.3) is 0 Å². The maximum Gasteiger partial charge on any atom is 0.219 e. The molecule has 0 spiro atoms. The van der Waals surface area contributed by atoms with Crippen molar-refractivity contribution in [3.8, 4) is 0 Å². The summed E-state index contributed by atoms with van der Waals surface area (Å²) in [4.78, 5) is 16.1. The fourth-order valence-electron chi connectivity index (χ4n) is 3.64. The minimum atomic E-state index is -0.210. The molecule has 1 saturated heterocycles. The van der Waals surface area contributed by atoms with Gasteiger partial charge in [-0.25, -0.2) is 0 Å².